The molecule has 0 fully saturated rings. The molecule has 1 amide bonds. The zero-order valence-corrected chi connectivity index (χ0v) is 15.8. The Labute approximate surface area is 160 Å². The monoisotopic (exact) mass is 381 g/mol. The van der Waals surface area contributed by atoms with Crippen molar-refractivity contribution < 1.29 is 9.53 Å². The molecule has 0 aliphatic heterocycles. The van der Waals surface area contributed by atoms with E-state index in [1.807, 2.05) is 54.4 Å². The summed E-state index contributed by atoms with van der Waals surface area (Å²) in [5.74, 6) is 1.37. The van der Waals surface area contributed by atoms with Crippen molar-refractivity contribution in [1.29, 1.82) is 0 Å². The summed E-state index contributed by atoms with van der Waals surface area (Å²) in [5, 5.41) is 3.67. The van der Waals surface area contributed by atoms with Crippen LogP contribution in [0.5, 0.6) is 5.75 Å². The van der Waals surface area contributed by atoms with Gasteiger partial charge >= 0.3 is 0 Å². The fourth-order valence-electron chi connectivity index (χ4n) is 2.85. The van der Waals surface area contributed by atoms with Crippen molar-refractivity contribution in [3.05, 3.63) is 48.3 Å². The highest BCUT2D eigenvalue weighted by Crippen LogP contribution is 2.33. The molecular weight excluding hydrogens is 362 g/mol. The van der Waals surface area contributed by atoms with Crippen LogP contribution < -0.4 is 15.0 Å². The number of hydrogen-bond acceptors (Lipinski definition) is 6. The first-order valence-electron chi connectivity index (χ1n) is 8.49. The molecule has 0 aliphatic rings. The molecule has 4 rings (SSSR count). The molecule has 0 aliphatic carbocycles. The Morgan fingerprint density at radius 1 is 1.22 bits per heavy atom. The molecule has 138 valence electrons. The largest absolute Gasteiger partial charge is 0.494 e. The summed E-state index contributed by atoms with van der Waals surface area (Å²) in [4.78, 5) is 26.4. The van der Waals surface area contributed by atoms with Gasteiger partial charge in [0, 0.05) is 7.05 Å². The van der Waals surface area contributed by atoms with Gasteiger partial charge in [-0.2, -0.15) is 0 Å². The first-order valence-corrected chi connectivity index (χ1v) is 9.30. The Balaban J connectivity index is 1.40. The lowest BCUT2D eigenvalue weighted by Crippen LogP contribution is -2.35. The molecule has 2 heterocycles. The van der Waals surface area contributed by atoms with Crippen LogP contribution in [-0.4, -0.2) is 41.6 Å². The minimum Gasteiger partial charge on any atom is -0.494 e. The van der Waals surface area contributed by atoms with Gasteiger partial charge in [-0.05, 0) is 24.3 Å². The number of rotatable bonds is 6. The molecule has 7 nitrogen and oxygen atoms in total. The maximum absolute atomic E-state index is 12.3. The Kier molecular flexibility index (Phi) is 4.64. The van der Waals surface area contributed by atoms with Crippen LogP contribution in [0.25, 0.3) is 21.3 Å². The Bertz CT molecular complexity index is 1070. The number of anilines is 1. The van der Waals surface area contributed by atoms with Gasteiger partial charge in [0.25, 0.3) is 0 Å². The second kappa shape index (κ2) is 7.24. The number of nitrogens with one attached hydrogen (secondary N) is 2. The molecule has 0 atom stereocenters. The van der Waals surface area contributed by atoms with Crippen molar-refractivity contribution >= 4 is 43.6 Å². The van der Waals surface area contributed by atoms with E-state index < -0.39 is 0 Å². The molecule has 4 aromatic rings. The highest BCUT2D eigenvalue weighted by Gasteiger charge is 2.14. The number of para-hydroxylation sites is 3. The fraction of sp³-hybridized carbons (Fsp3) is 0.211. The smallest absolute Gasteiger partial charge is 0.239 e. The van der Waals surface area contributed by atoms with Crippen molar-refractivity contribution in [2.75, 3.05) is 25.6 Å². The number of fused-ring (bicyclic) bond motifs is 2. The molecule has 0 spiro atoms. The number of aromatic nitrogens is 3. The van der Waals surface area contributed by atoms with E-state index in [1.165, 1.54) is 11.3 Å². The van der Waals surface area contributed by atoms with Crippen molar-refractivity contribution in [3.8, 4) is 5.75 Å². The molecule has 0 unspecified atom stereocenters. The minimum atomic E-state index is -0.0934. The van der Waals surface area contributed by atoms with Gasteiger partial charge in [0.2, 0.25) is 5.91 Å². The third-order valence-electron chi connectivity index (χ3n) is 4.19. The summed E-state index contributed by atoms with van der Waals surface area (Å²) in [6.45, 7) is 0.567. The number of carbonyl (C=O) groups is 1. The van der Waals surface area contributed by atoms with Gasteiger partial charge in [0.1, 0.15) is 17.1 Å². The molecule has 2 aromatic carbocycles. The van der Waals surface area contributed by atoms with Gasteiger partial charge in [-0.15, -0.1) is 0 Å². The molecule has 0 radical (unpaired) electrons. The number of nitrogens with zero attached hydrogens (tertiary/aromatic N) is 3. The molecule has 0 saturated heterocycles. The van der Waals surface area contributed by atoms with Gasteiger partial charge in [0.15, 0.2) is 5.13 Å². The number of amides is 1. The van der Waals surface area contributed by atoms with Crippen LogP contribution in [0, 0.1) is 0 Å². The number of carbonyl (C=O) groups excluding carboxylic acids is 1. The van der Waals surface area contributed by atoms with Crippen LogP contribution in [-0.2, 0) is 11.3 Å². The number of likely N-dealkylation sites (N-methyl/N-ethyl adjacent to an activating group) is 1. The second-order valence-electron chi connectivity index (χ2n) is 6.14. The molecule has 0 saturated carbocycles. The predicted octanol–water partition coefficient (Wildman–Crippen LogP) is 2.93. The van der Waals surface area contributed by atoms with Crippen LogP contribution in [0.15, 0.2) is 42.5 Å². The summed E-state index contributed by atoms with van der Waals surface area (Å²) >= 11 is 1.53. The number of ether oxygens (including phenoxy) is 1. The maximum atomic E-state index is 12.3. The third-order valence-corrected chi connectivity index (χ3v) is 5.32. The van der Waals surface area contributed by atoms with E-state index in [4.69, 9.17) is 4.74 Å². The standard InChI is InChI=1S/C19H19N5O2S/c1-24(19-23-18-14(26-2)8-5-9-15(18)27-19)11-17(25)20-10-16-21-12-6-3-4-7-13(12)22-16/h3-9H,10-11H2,1-2H3,(H,20,25)(H,21,22). The molecule has 27 heavy (non-hydrogen) atoms. The van der Waals surface area contributed by atoms with Crippen LogP contribution in [0.1, 0.15) is 5.82 Å². The highest BCUT2D eigenvalue weighted by atomic mass is 32.1. The van der Waals surface area contributed by atoms with Crippen molar-refractivity contribution in [3.63, 3.8) is 0 Å². The topological polar surface area (TPSA) is 83.1 Å². The van der Waals surface area contributed by atoms with Crippen LogP contribution in [0.4, 0.5) is 5.13 Å². The van der Waals surface area contributed by atoms with E-state index in [9.17, 15) is 4.79 Å². The molecule has 0 bridgehead atoms. The van der Waals surface area contributed by atoms with E-state index in [1.54, 1.807) is 7.11 Å². The lowest BCUT2D eigenvalue weighted by molar-refractivity contribution is -0.119. The predicted molar refractivity (Wildman–Crippen MR) is 107 cm³/mol. The maximum Gasteiger partial charge on any atom is 0.239 e. The number of benzene rings is 2. The lowest BCUT2D eigenvalue weighted by atomic mass is 10.3. The van der Waals surface area contributed by atoms with Gasteiger partial charge in [-0.25, -0.2) is 9.97 Å². The first kappa shape index (κ1) is 17.3. The summed E-state index contributed by atoms with van der Waals surface area (Å²) in [6.07, 6.45) is 0. The van der Waals surface area contributed by atoms with E-state index in [0.717, 1.165) is 38.0 Å². The highest BCUT2D eigenvalue weighted by molar-refractivity contribution is 7.22. The number of aromatic amines is 1. The van der Waals surface area contributed by atoms with E-state index in [0.29, 0.717) is 6.54 Å². The van der Waals surface area contributed by atoms with Crippen molar-refractivity contribution in [2.24, 2.45) is 0 Å². The van der Waals surface area contributed by atoms with Gasteiger partial charge in [-0.3, -0.25) is 4.79 Å². The molecule has 8 heteroatoms. The first-order chi connectivity index (χ1) is 13.1. The minimum absolute atomic E-state index is 0.0934. The molecular formula is C19H19N5O2S. The summed E-state index contributed by atoms with van der Waals surface area (Å²) in [5.41, 5.74) is 2.67. The molecule has 2 N–H and O–H groups in total. The normalized spacial score (nSPS) is 11.0. The zero-order valence-electron chi connectivity index (χ0n) is 15.0. The quantitative estimate of drug-likeness (QED) is 0.537. The Morgan fingerprint density at radius 2 is 2.07 bits per heavy atom. The van der Waals surface area contributed by atoms with Crippen LogP contribution in [0.2, 0.25) is 0 Å². The SMILES string of the molecule is COc1cccc2sc(N(C)CC(=O)NCc3nc4ccccc4[nH]3)nc12. The fourth-order valence-corrected chi connectivity index (χ4v) is 3.79. The molecule has 2 aromatic heterocycles. The van der Waals surface area contributed by atoms with Gasteiger partial charge in [0.05, 0.1) is 35.9 Å². The summed E-state index contributed by atoms with van der Waals surface area (Å²) in [7, 11) is 3.48. The van der Waals surface area contributed by atoms with Gasteiger partial charge < -0.3 is 19.9 Å². The second-order valence-corrected chi connectivity index (χ2v) is 7.15. The number of methoxy groups -OCH3 is 1. The van der Waals surface area contributed by atoms with Crippen LogP contribution in [0.3, 0.4) is 0 Å². The van der Waals surface area contributed by atoms with Crippen molar-refractivity contribution in [1.82, 2.24) is 20.3 Å². The lowest BCUT2D eigenvalue weighted by Gasteiger charge is -2.14. The number of imidazole rings is 1. The average molecular weight is 381 g/mol. The Morgan fingerprint density at radius 3 is 2.89 bits per heavy atom. The zero-order chi connectivity index (χ0) is 18.8. The summed E-state index contributed by atoms with van der Waals surface area (Å²) in [6, 6.07) is 13.6. The third kappa shape index (κ3) is 3.56. The number of hydrogen-bond donors (Lipinski definition) is 2. The number of H-pyrrole nitrogens is 1. The van der Waals surface area contributed by atoms with Crippen LogP contribution >= 0.6 is 11.3 Å². The van der Waals surface area contributed by atoms with Crippen molar-refractivity contribution in [2.45, 2.75) is 6.54 Å². The van der Waals surface area contributed by atoms with E-state index >= 15 is 0 Å². The average Bonchev–Trinajstić information content (AvgIpc) is 3.29. The number of thiazole rings is 1. The van der Waals surface area contributed by atoms with E-state index in [2.05, 4.69) is 20.3 Å². The Hall–Kier alpha value is -3.13. The van der Waals surface area contributed by atoms with E-state index in [-0.39, 0.29) is 12.5 Å². The van der Waals surface area contributed by atoms with Gasteiger partial charge in [-0.1, -0.05) is 29.5 Å². The summed E-state index contributed by atoms with van der Waals surface area (Å²) < 4.78 is 6.38.